The average Bonchev–Trinajstić information content (AvgIpc) is 3.32. The number of halogens is 1. The maximum absolute atomic E-state index is 6.17. The van der Waals surface area contributed by atoms with Crippen LogP contribution in [0.25, 0.3) is 11.5 Å². The number of anilines is 1. The highest BCUT2D eigenvalue weighted by Gasteiger charge is 2.31. The lowest BCUT2D eigenvalue weighted by atomic mass is 10.0. The zero-order chi connectivity index (χ0) is 21.0. The van der Waals surface area contributed by atoms with Crippen LogP contribution in [0.4, 0.5) is 5.95 Å². The Kier molecular flexibility index (Phi) is 5.73. The van der Waals surface area contributed by atoms with E-state index in [4.69, 9.17) is 4.42 Å². The minimum absolute atomic E-state index is 0.114. The number of hydrogen-bond acceptors (Lipinski definition) is 7. The zero-order valence-electron chi connectivity index (χ0n) is 16.8. The fourth-order valence-corrected chi connectivity index (χ4v) is 4.10. The van der Waals surface area contributed by atoms with Crippen LogP contribution in [-0.4, -0.2) is 51.2 Å². The van der Waals surface area contributed by atoms with Crippen LogP contribution in [0, 0.1) is 0 Å². The molecule has 0 spiro atoms. The lowest BCUT2D eigenvalue weighted by molar-refractivity contribution is 0.187. The molecule has 0 saturated carbocycles. The summed E-state index contributed by atoms with van der Waals surface area (Å²) in [5.74, 6) is 1.91. The van der Waals surface area contributed by atoms with Crippen molar-refractivity contribution in [1.82, 2.24) is 25.1 Å². The van der Waals surface area contributed by atoms with Crippen molar-refractivity contribution in [3.63, 3.8) is 0 Å². The van der Waals surface area contributed by atoms with E-state index in [1.807, 2.05) is 48.5 Å². The number of aromatic nitrogens is 4. The molecule has 7 nitrogen and oxygen atoms in total. The van der Waals surface area contributed by atoms with Crippen LogP contribution >= 0.6 is 15.9 Å². The second kappa shape index (κ2) is 8.95. The summed E-state index contributed by atoms with van der Waals surface area (Å²) in [7, 11) is 0. The number of rotatable bonds is 5. The second-order valence-electron chi connectivity index (χ2n) is 7.34. The summed E-state index contributed by atoms with van der Waals surface area (Å²) in [5, 5.41) is 8.76. The van der Waals surface area contributed by atoms with Gasteiger partial charge in [0.2, 0.25) is 17.7 Å². The van der Waals surface area contributed by atoms with Crippen LogP contribution in [0.15, 0.2) is 81.9 Å². The van der Waals surface area contributed by atoms with E-state index >= 15 is 0 Å². The van der Waals surface area contributed by atoms with Crippen molar-refractivity contribution < 1.29 is 4.42 Å². The van der Waals surface area contributed by atoms with Crippen molar-refractivity contribution >= 4 is 21.9 Å². The molecule has 5 rings (SSSR count). The van der Waals surface area contributed by atoms with Gasteiger partial charge in [0.25, 0.3) is 0 Å². The largest absolute Gasteiger partial charge is 0.419 e. The molecule has 0 bridgehead atoms. The van der Waals surface area contributed by atoms with Gasteiger partial charge in [-0.05, 0) is 35.9 Å². The molecule has 2 aromatic heterocycles. The Hall–Kier alpha value is -3.10. The summed E-state index contributed by atoms with van der Waals surface area (Å²) in [6.07, 6.45) is 3.56. The van der Waals surface area contributed by atoms with Gasteiger partial charge in [-0.1, -0.05) is 46.3 Å². The van der Waals surface area contributed by atoms with Crippen LogP contribution in [0.2, 0.25) is 0 Å². The van der Waals surface area contributed by atoms with Gasteiger partial charge in [-0.25, -0.2) is 9.97 Å². The molecular formula is C23H21BrN6O. The number of benzene rings is 2. The standard InChI is InChI=1S/C23H21BrN6O/c24-19-9-7-17(8-10-19)20(22-28-27-21(31-22)18-5-2-1-3-6-18)29-13-15-30(16-14-29)23-25-11-4-12-26-23/h1-12,20H,13-16H2/t20-/m1/s1. The van der Waals surface area contributed by atoms with Gasteiger partial charge in [0.15, 0.2) is 0 Å². The van der Waals surface area contributed by atoms with Gasteiger partial charge in [-0.15, -0.1) is 10.2 Å². The average molecular weight is 477 g/mol. The summed E-state index contributed by atoms with van der Waals surface area (Å²) in [5.41, 5.74) is 2.04. The Morgan fingerprint density at radius 2 is 1.52 bits per heavy atom. The number of piperazine rings is 1. The van der Waals surface area contributed by atoms with Gasteiger partial charge < -0.3 is 9.32 Å². The Bertz CT molecular complexity index is 1110. The molecule has 1 atom stereocenters. The normalized spacial score (nSPS) is 15.7. The summed E-state index contributed by atoms with van der Waals surface area (Å²) in [6.45, 7) is 3.33. The van der Waals surface area contributed by atoms with Crippen LogP contribution in [0.1, 0.15) is 17.5 Å². The van der Waals surface area contributed by atoms with Gasteiger partial charge in [0.1, 0.15) is 6.04 Å². The highest BCUT2D eigenvalue weighted by molar-refractivity contribution is 9.10. The Morgan fingerprint density at radius 1 is 0.806 bits per heavy atom. The van der Waals surface area contributed by atoms with Crippen LogP contribution in [-0.2, 0) is 0 Å². The topological polar surface area (TPSA) is 71.2 Å². The molecule has 8 heteroatoms. The number of nitrogens with zero attached hydrogens (tertiary/aromatic N) is 6. The van der Waals surface area contributed by atoms with Gasteiger partial charge >= 0.3 is 0 Å². The van der Waals surface area contributed by atoms with Crippen LogP contribution < -0.4 is 4.90 Å². The second-order valence-corrected chi connectivity index (χ2v) is 8.25. The van der Waals surface area contributed by atoms with E-state index in [9.17, 15) is 0 Å². The van der Waals surface area contributed by atoms with Crippen LogP contribution in [0.5, 0.6) is 0 Å². The van der Waals surface area contributed by atoms with Crippen molar-refractivity contribution in [1.29, 1.82) is 0 Å². The molecular weight excluding hydrogens is 456 g/mol. The summed E-state index contributed by atoms with van der Waals surface area (Å²) in [6, 6.07) is 19.9. The Labute approximate surface area is 188 Å². The molecule has 1 aliphatic rings. The van der Waals surface area contributed by atoms with Crippen molar-refractivity contribution in [2.45, 2.75) is 6.04 Å². The van der Waals surface area contributed by atoms with E-state index in [0.29, 0.717) is 11.8 Å². The molecule has 0 radical (unpaired) electrons. The fraction of sp³-hybridized carbons (Fsp3) is 0.217. The Balaban J connectivity index is 1.42. The fourth-order valence-electron chi connectivity index (χ4n) is 3.83. The lowest BCUT2D eigenvalue weighted by Gasteiger charge is -2.38. The first-order valence-corrected chi connectivity index (χ1v) is 11.0. The highest BCUT2D eigenvalue weighted by Crippen LogP contribution is 2.31. The third-order valence-corrected chi connectivity index (χ3v) is 5.92. The van der Waals surface area contributed by atoms with Crippen molar-refractivity contribution in [3.05, 3.63) is 89.0 Å². The van der Waals surface area contributed by atoms with E-state index in [-0.39, 0.29) is 6.04 Å². The third kappa shape index (κ3) is 4.35. The minimum atomic E-state index is -0.114. The third-order valence-electron chi connectivity index (χ3n) is 5.40. The van der Waals surface area contributed by atoms with Crippen molar-refractivity contribution in [3.8, 4) is 11.5 Å². The van der Waals surface area contributed by atoms with E-state index in [0.717, 1.165) is 47.7 Å². The summed E-state index contributed by atoms with van der Waals surface area (Å²) < 4.78 is 7.21. The maximum atomic E-state index is 6.17. The molecule has 1 aliphatic heterocycles. The first-order chi connectivity index (χ1) is 15.3. The predicted molar refractivity (Wildman–Crippen MR) is 122 cm³/mol. The summed E-state index contributed by atoms with van der Waals surface area (Å²) >= 11 is 3.53. The molecule has 2 aromatic carbocycles. The van der Waals surface area contributed by atoms with E-state index in [1.54, 1.807) is 12.4 Å². The SMILES string of the molecule is Brc1ccc([C@H](c2nnc(-c3ccccc3)o2)N2CCN(c3ncccn3)CC2)cc1. The van der Waals surface area contributed by atoms with Crippen molar-refractivity contribution in [2.24, 2.45) is 0 Å². The lowest BCUT2D eigenvalue weighted by Crippen LogP contribution is -2.48. The van der Waals surface area contributed by atoms with Gasteiger partial charge in [-0.2, -0.15) is 0 Å². The van der Waals surface area contributed by atoms with Gasteiger partial charge in [0, 0.05) is 48.6 Å². The zero-order valence-corrected chi connectivity index (χ0v) is 18.4. The predicted octanol–water partition coefficient (Wildman–Crippen LogP) is 4.20. The van der Waals surface area contributed by atoms with Gasteiger partial charge in [-0.3, -0.25) is 4.90 Å². The molecule has 31 heavy (non-hydrogen) atoms. The monoisotopic (exact) mass is 476 g/mol. The molecule has 0 N–H and O–H groups in total. The van der Waals surface area contributed by atoms with Crippen molar-refractivity contribution in [2.75, 3.05) is 31.1 Å². The number of hydrogen-bond donors (Lipinski definition) is 0. The summed E-state index contributed by atoms with van der Waals surface area (Å²) in [4.78, 5) is 13.4. The molecule has 3 heterocycles. The molecule has 0 amide bonds. The van der Waals surface area contributed by atoms with E-state index < -0.39 is 0 Å². The Morgan fingerprint density at radius 3 is 2.23 bits per heavy atom. The van der Waals surface area contributed by atoms with Crippen LogP contribution in [0.3, 0.4) is 0 Å². The molecule has 0 unspecified atom stereocenters. The molecule has 4 aromatic rings. The smallest absolute Gasteiger partial charge is 0.247 e. The highest BCUT2D eigenvalue weighted by atomic mass is 79.9. The minimum Gasteiger partial charge on any atom is -0.419 e. The maximum Gasteiger partial charge on any atom is 0.247 e. The quantitative estimate of drug-likeness (QED) is 0.427. The van der Waals surface area contributed by atoms with E-state index in [2.05, 4.69) is 58.0 Å². The molecule has 1 fully saturated rings. The molecule has 1 saturated heterocycles. The first kappa shape index (κ1) is 19.8. The molecule has 156 valence electrons. The van der Waals surface area contributed by atoms with Gasteiger partial charge in [0.05, 0.1) is 0 Å². The first-order valence-electron chi connectivity index (χ1n) is 10.2. The van der Waals surface area contributed by atoms with E-state index in [1.165, 1.54) is 0 Å². The molecule has 0 aliphatic carbocycles.